The molecule has 3 aromatic rings. The predicted octanol–water partition coefficient (Wildman–Crippen LogP) is 6.13. The summed E-state index contributed by atoms with van der Waals surface area (Å²) in [5.41, 5.74) is 3.03. The third-order valence-corrected chi connectivity index (χ3v) is 6.95. The molecule has 9 heteroatoms. The Balaban J connectivity index is 1.23. The van der Waals surface area contributed by atoms with Crippen molar-refractivity contribution in [3.63, 3.8) is 0 Å². The average molecular weight is 556 g/mol. The van der Waals surface area contributed by atoms with Crippen molar-refractivity contribution in [2.45, 2.75) is 12.5 Å². The molecule has 0 spiro atoms. The summed E-state index contributed by atoms with van der Waals surface area (Å²) in [6.45, 7) is 4.29. The Bertz CT molecular complexity index is 1170. The molecule has 1 saturated heterocycles. The van der Waals surface area contributed by atoms with E-state index in [1.165, 1.54) is 7.11 Å². The lowest BCUT2D eigenvalue weighted by atomic mass is 10.0. The van der Waals surface area contributed by atoms with Crippen LogP contribution in [0.4, 0.5) is 10.5 Å². The lowest BCUT2D eigenvalue weighted by Gasteiger charge is -2.34. The monoisotopic (exact) mass is 555 g/mol. The van der Waals surface area contributed by atoms with Crippen LogP contribution in [0.1, 0.15) is 34.0 Å². The van der Waals surface area contributed by atoms with Crippen LogP contribution in [-0.4, -0.2) is 68.2 Å². The molecule has 7 nitrogen and oxygen atoms in total. The fraction of sp³-hybridized carbons (Fsp3) is 0.310. The van der Waals surface area contributed by atoms with Crippen molar-refractivity contribution in [3.05, 3.63) is 99.5 Å². The number of carbonyl (C=O) groups is 2. The van der Waals surface area contributed by atoms with E-state index < -0.39 is 5.97 Å². The van der Waals surface area contributed by atoms with Gasteiger partial charge in [-0.3, -0.25) is 4.90 Å². The number of urea groups is 1. The van der Waals surface area contributed by atoms with Crippen LogP contribution in [0.2, 0.25) is 10.0 Å². The topological polar surface area (TPSA) is 71.1 Å². The summed E-state index contributed by atoms with van der Waals surface area (Å²) in [5, 5.41) is 4.25. The maximum atomic E-state index is 12.7. The molecule has 1 fully saturated rings. The molecule has 0 aliphatic carbocycles. The number of ether oxygens (including phenoxy) is 2. The third kappa shape index (κ3) is 7.71. The van der Waals surface area contributed by atoms with Crippen LogP contribution >= 0.6 is 23.2 Å². The number of hydrogen-bond acceptors (Lipinski definition) is 5. The van der Waals surface area contributed by atoms with Gasteiger partial charge >= 0.3 is 12.0 Å². The lowest BCUT2D eigenvalue weighted by Crippen LogP contribution is -2.50. The van der Waals surface area contributed by atoms with Crippen molar-refractivity contribution in [3.8, 4) is 0 Å². The second-order valence-corrected chi connectivity index (χ2v) is 9.91. The van der Waals surface area contributed by atoms with Crippen LogP contribution in [0.5, 0.6) is 0 Å². The number of methoxy groups -OCH3 is 1. The standard InChI is InChI=1S/C29H31Cl2N3O4/c1-37-28(35)23-4-2-5-26(20-23)32-29(36)34-17-15-33(16-18-34)14-3-19-38-27(21-6-10-24(30)11-7-21)22-8-12-25(31)13-9-22/h2,4-13,20,27H,3,14-19H2,1H3,(H,32,36). The number of rotatable bonds is 9. The van der Waals surface area contributed by atoms with Crippen LogP contribution < -0.4 is 5.32 Å². The highest BCUT2D eigenvalue weighted by atomic mass is 35.5. The van der Waals surface area contributed by atoms with Gasteiger partial charge in [0.05, 0.1) is 12.7 Å². The zero-order chi connectivity index (χ0) is 26.9. The molecular formula is C29H31Cl2N3O4. The van der Waals surface area contributed by atoms with Gasteiger partial charge in [0.15, 0.2) is 0 Å². The molecule has 0 atom stereocenters. The summed E-state index contributed by atoms with van der Waals surface area (Å²) in [6, 6.07) is 22.0. The number of anilines is 1. The van der Waals surface area contributed by atoms with Gasteiger partial charge in [-0.15, -0.1) is 0 Å². The Morgan fingerprint density at radius 2 is 1.50 bits per heavy atom. The number of nitrogens with one attached hydrogen (secondary N) is 1. The SMILES string of the molecule is COC(=O)c1cccc(NC(=O)N2CCN(CCCOC(c3ccc(Cl)cc3)c3ccc(Cl)cc3)CC2)c1. The largest absolute Gasteiger partial charge is 0.465 e. The van der Waals surface area contributed by atoms with Gasteiger partial charge in [0, 0.05) is 55.1 Å². The Kier molecular flexibility index (Phi) is 10.0. The Morgan fingerprint density at radius 3 is 2.08 bits per heavy atom. The van der Waals surface area contributed by atoms with Gasteiger partial charge in [-0.25, -0.2) is 9.59 Å². The minimum absolute atomic E-state index is 0.177. The number of benzene rings is 3. The van der Waals surface area contributed by atoms with Crippen molar-refractivity contribution in [2.24, 2.45) is 0 Å². The van der Waals surface area contributed by atoms with Crippen molar-refractivity contribution in [1.82, 2.24) is 9.80 Å². The number of amides is 2. The maximum absolute atomic E-state index is 12.7. The molecule has 1 heterocycles. The van der Waals surface area contributed by atoms with E-state index in [9.17, 15) is 9.59 Å². The number of esters is 1. The lowest BCUT2D eigenvalue weighted by molar-refractivity contribution is 0.0600. The first-order valence-corrected chi connectivity index (χ1v) is 13.3. The van der Waals surface area contributed by atoms with Crippen molar-refractivity contribution < 1.29 is 19.1 Å². The highest BCUT2D eigenvalue weighted by Crippen LogP contribution is 2.28. The van der Waals surface area contributed by atoms with Gasteiger partial charge in [0.2, 0.25) is 0 Å². The summed E-state index contributed by atoms with van der Waals surface area (Å²) in [7, 11) is 1.33. The molecular weight excluding hydrogens is 525 g/mol. The van der Waals surface area contributed by atoms with Gasteiger partial charge in [-0.05, 0) is 60.0 Å². The molecule has 0 aromatic heterocycles. The highest BCUT2D eigenvalue weighted by Gasteiger charge is 2.22. The van der Waals surface area contributed by atoms with Gasteiger partial charge < -0.3 is 19.7 Å². The first-order chi connectivity index (χ1) is 18.4. The van der Waals surface area contributed by atoms with Crippen LogP contribution in [0.3, 0.4) is 0 Å². The molecule has 200 valence electrons. The Morgan fingerprint density at radius 1 is 0.895 bits per heavy atom. The second kappa shape index (κ2) is 13.6. The van der Waals surface area contributed by atoms with Gasteiger partial charge in [0.25, 0.3) is 0 Å². The number of hydrogen-bond donors (Lipinski definition) is 1. The summed E-state index contributed by atoms with van der Waals surface area (Å²) >= 11 is 12.2. The van der Waals surface area contributed by atoms with E-state index in [1.807, 2.05) is 48.5 Å². The minimum atomic E-state index is -0.439. The molecule has 0 saturated carbocycles. The van der Waals surface area contributed by atoms with E-state index in [0.29, 0.717) is 41.0 Å². The molecule has 4 rings (SSSR count). The fourth-order valence-corrected chi connectivity index (χ4v) is 4.62. The average Bonchev–Trinajstić information content (AvgIpc) is 2.94. The first kappa shape index (κ1) is 27.9. The molecule has 2 amide bonds. The van der Waals surface area contributed by atoms with Crippen molar-refractivity contribution in [1.29, 1.82) is 0 Å². The van der Waals surface area contributed by atoms with E-state index in [-0.39, 0.29) is 12.1 Å². The molecule has 0 radical (unpaired) electrons. The maximum Gasteiger partial charge on any atom is 0.337 e. The summed E-state index contributed by atoms with van der Waals surface area (Å²) in [4.78, 5) is 28.6. The molecule has 0 unspecified atom stereocenters. The summed E-state index contributed by atoms with van der Waals surface area (Å²) in [5.74, 6) is -0.439. The molecule has 1 aliphatic heterocycles. The van der Waals surface area contributed by atoms with Crippen LogP contribution in [0.25, 0.3) is 0 Å². The van der Waals surface area contributed by atoms with E-state index in [1.54, 1.807) is 29.2 Å². The van der Waals surface area contributed by atoms with Crippen LogP contribution in [-0.2, 0) is 9.47 Å². The summed E-state index contributed by atoms with van der Waals surface area (Å²) in [6.07, 6.45) is 0.659. The normalized spacial score (nSPS) is 13.9. The van der Waals surface area contributed by atoms with Crippen LogP contribution in [0, 0.1) is 0 Å². The number of halogens is 2. The molecule has 1 aliphatic rings. The first-order valence-electron chi connectivity index (χ1n) is 12.5. The smallest absolute Gasteiger partial charge is 0.337 e. The summed E-state index contributed by atoms with van der Waals surface area (Å²) < 4.78 is 11.1. The Labute approximate surface area is 233 Å². The van der Waals surface area contributed by atoms with E-state index >= 15 is 0 Å². The molecule has 0 bridgehead atoms. The minimum Gasteiger partial charge on any atom is -0.465 e. The zero-order valence-electron chi connectivity index (χ0n) is 21.2. The highest BCUT2D eigenvalue weighted by molar-refractivity contribution is 6.30. The quantitative estimate of drug-likeness (QED) is 0.254. The zero-order valence-corrected chi connectivity index (χ0v) is 22.8. The van der Waals surface area contributed by atoms with E-state index in [2.05, 4.69) is 10.2 Å². The second-order valence-electron chi connectivity index (χ2n) is 9.04. The molecule has 3 aromatic carbocycles. The van der Waals surface area contributed by atoms with Gasteiger partial charge in [-0.2, -0.15) is 0 Å². The Hall–Kier alpha value is -3.10. The van der Waals surface area contributed by atoms with Gasteiger partial charge in [-0.1, -0.05) is 53.5 Å². The van der Waals surface area contributed by atoms with E-state index in [4.69, 9.17) is 32.7 Å². The number of carbonyl (C=O) groups excluding carboxylic acids is 2. The predicted molar refractivity (Wildman–Crippen MR) is 150 cm³/mol. The van der Waals surface area contributed by atoms with Crippen molar-refractivity contribution in [2.75, 3.05) is 51.8 Å². The number of nitrogens with zero attached hydrogens (tertiary/aromatic N) is 2. The number of piperazine rings is 1. The van der Waals surface area contributed by atoms with Crippen molar-refractivity contribution >= 4 is 40.9 Å². The van der Waals surface area contributed by atoms with Gasteiger partial charge in [0.1, 0.15) is 6.10 Å². The fourth-order valence-electron chi connectivity index (χ4n) is 4.37. The van der Waals surface area contributed by atoms with E-state index in [0.717, 1.165) is 37.2 Å². The molecule has 38 heavy (non-hydrogen) atoms. The van der Waals surface area contributed by atoms with Crippen LogP contribution in [0.15, 0.2) is 72.8 Å². The molecule has 1 N–H and O–H groups in total. The third-order valence-electron chi connectivity index (χ3n) is 6.44.